The monoisotopic (exact) mass is 508 g/mol. The van der Waals surface area contributed by atoms with E-state index in [0.29, 0.717) is 6.42 Å². The Hall–Kier alpha value is -3.33. The highest BCUT2D eigenvalue weighted by Crippen LogP contribution is 2.30. The van der Waals surface area contributed by atoms with Crippen molar-refractivity contribution < 1.29 is 31.3 Å². The maximum Gasteiger partial charge on any atom is 0.333 e. The van der Waals surface area contributed by atoms with Gasteiger partial charge in [0.05, 0.1) is 24.8 Å². The summed E-state index contributed by atoms with van der Waals surface area (Å²) in [5.74, 6) is -2.16. The minimum Gasteiger partial charge on any atom is -0.393 e. The Balaban J connectivity index is 1.45. The summed E-state index contributed by atoms with van der Waals surface area (Å²) in [4.78, 5) is 21.1. The van der Waals surface area contributed by atoms with E-state index in [9.17, 15) is 27.1 Å². The van der Waals surface area contributed by atoms with Crippen molar-refractivity contribution >= 4 is 21.9 Å². The highest BCUT2D eigenvalue weighted by Gasteiger charge is 2.34. The lowest BCUT2D eigenvalue weighted by molar-refractivity contribution is 0.101. The van der Waals surface area contributed by atoms with Crippen molar-refractivity contribution in [2.45, 2.75) is 31.5 Å². The number of anilines is 1. The highest BCUT2D eigenvalue weighted by atomic mass is 32.2. The number of nitrogens with one attached hydrogen (secondary N) is 1. The van der Waals surface area contributed by atoms with Gasteiger partial charge < -0.3 is 10.4 Å². The number of nitrogens with two attached hydrogens (primary N) is 1. The molecule has 35 heavy (non-hydrogen) atoms. The normalized spacial score (nSPS) is 20.2. The van der Waals surface area contributed by atoms with E-state index in [1.165, 1.54) is 35.5 Å². The molecule has 0 radical (unpaired) electrons. The van der Waals surface area contributed by atoms with Crippen molar-refractivity contribution in [3.63, 3.8) is 0 Å². The Labute approximate surface area is 199 Å². The second-order valence-electron chi connectivity index (χ2n) is 8.17. The summed E-state index contributed by atoms with van der Waals surface area (Å²) in [7, 11) is -4.13. The van der Waals surface area contributed by atoms with Crippen LogP contribution in [-0.2, 0) is 21.0 Å². The van der Waals surface area contributed by atoms with Crippen LogP contribution in [0.3, 0.4) is 0 Å². The van der Waals surface area contributed by atoms with Crippen molar-refractivity contribution in [3.8, 4) is 0 Å². The smallest absolute Gasteiger partial charge is 0.333 e. The number of ketones is 1. The van der Waals surface area contributed by atoms with Crippen LogP contribution < -0.4 is 10.5 Å². The summed E-state index contributed by atoms with van der Waals surface area (Å²) in [6.07, 6.45) is 3.86. The lowest BCUT2D eigenvalue weighted by Crippen LogP contribution is -2.24. The van der Waals surface area contributed by atoms with Crippen LogP contribution >= 0.6 is 0 Å². The zero-order valence-corrected chi connectivity index (χ0v) is 19.0. The number of benzene rings is 1. The summed E-state index contributed by atoms with van der Waals surface area (Å²) in [5.41, 5.74) is 0.403. The number of carbonyl (C=O) groups excluding carboxylic acids is 1. The van der Waals surface area contributed by atoms with E-state index < -0.39 is 39.7 Å². The van der Waals surface area contributed by atoms with Crippen molar-refractivity contribution in [3.05, 3.63) is 71.4 Å². The lowest BCUT2D eigenvalue weighted by Gasteiger charge is -2.15. The van der Waals surface area contributed by atoms with Gasteiger partial charge in [-0.05, 0) is 25.0 Å². The Morgan fingerprint density at radius 1 is 1.29 bits per heavy atom. The standard InChI is InChI=1S/C21H22F2N6O5S/c22-14-2-1-12(17(23)6-14)9-29-4-3-18(28-29)20(31)16-8-25-11-26-21(16)27-15-5-13(19(30)7-15)10-34-35(24,32)33/h1-4,6,8,11,13,15,19,30H,5,7,9-10H2,(H2,24,32,33)(H,25,26,27)/t13-,15-,19+/m1/s1. The van der Waals surface area contributed by atoms with Gasteiger partial charge in [-0.15, -0.1) is 0 Å². The van der Waals surface area contributed by atoms with E-state index in [2.05, 4.69) is 24.6 Å². The van der Waals surface area contributed by atoms with Crippen LogP contribution in [-0.4, -0.2) is 57.8 Å². The van der Waals surface area contributed by atoms with Crippen molar-refractivity contribution in [1.82, 2.24) is 19.7 Å². The van der Waals surface area contributed by atoms with Gasteiger partial charge in [0.25, 0.3) is 0 Å². The van der Waals surface area contributed by atoms with Crippen LogP contribution in [0, 0.1) is 17.6 Å². The molecule has 2 heterocycles. The third-order valence-electron chi connectivity index (χ3n) is 5.62. The molecule has 186 valence electrons. The molecule has 1 aliphatic rings. The first-order valence-corrected chi connectivity index (χ1v) is 12.0. The summed E-state index contributed by atoms with van der Waals surface area (Å²) in [5, 5.41) is 22.4. The van der Waals surface area contributed by atoms with Gasteiger partial charge in [-0.25, -0.2) is 23.9 Å². The second-order valence-corrected chi connectivity index (χ2v) is 9.39. The molecule has 0 amide bonds. The first-order chi connectivity index (χ1) is 16.6. The molecule has 2 aromatic heterocycles. The third kappa shape index (κ3) is 6.22. The fourth-order valence-corrected chi connectivity index (χ4v) is 4.28. The largest absolute Gasteiger partial charge is 0.393 e. The molecular formula is C21H22F2N6O5S. The van der Waals surface area contributed by atoms with Crippen molar-refractivity contribution in [2.24, 2.45) is 11.1 Å². The molecule has 4 rings (SSSR count). The van der Waals surface area contributed by atoms with Gasteiger partial charge in [-0.2, -0.15) is 13.5 Å². The number of aromatic nitrogens is 4. The maximum atomic E-state index is 13.9. The number of nitrogens with zero attached hydrogens (tertiary/aromatic N) is 4. The Bertz CT molecular complexity index is 1340. The molecule has 1 saturated carbocycles. The van der Waals surface area contributed by atoms with Gasteiger partial charge in [0.15, 0.2) is 0 Å². The number of rotatable bonds is 9. The number of aliphatic hydroxyl groups is 1. The number of aliphatic hydroxyl groups excluding tert-OH is 1. The van der Waals surface area contributed by atoms with Gasteiger partial charge in [0.2, 0.25) is 5.78 Å². The van der Waals surface area contributed by atoms with E-state index in [1.807, 2.05) is 0 Å². The van der Waals surface area contributed by atoms with Crippen LogP contribution in [0.1, 0.15) is 34.5 Å². The quantitative estimate of drug-likeness (QED) is 0.358. The summed E-state index contributed by atoms with van der Waals surface area (Å²) in [6, 6.07) is 4.35. The second kappa shape index (κ2) is 10.1. The SMILES string of the molecule is NS(=O)(=O)OC[C@H]1C[C@@H](Nc2ncncc2C(=O)c2ccn(Cc3ccc(F)cc3F)n2)C[C@@H]1O. The Morgan fingerprint density at radius 2 is 2.09 bits per heavy atom. The molecule has 1 aromatic carbocycles. The molecular weight excluding hydrogens is 486 g/mol. The minimum atomic E-state index is -4.13. The summed E-state index contributed by atoms with van der Waals surface area (Å²) >= 11 is 0. The molecule has 3 atom stereocenters. The van der Waals surface area contributed by atoms with Crippen molar-refractivity contribution in [1.29, 1.82) is 0 Å². The van der Waals surface area contributed by atoms with E-state index in [1.54, 1.807) is 0 Å². The fraction of sp³-hybridized carbons (Fsp3) is 0.333. The van der Waals surface area contributed by atoms with E-state index in [4.69, 9.17) is 5.14 Å². The average molecular weight is 509 g/mol. The first-order valence-electron chi connectivity index (χ1n) is 10.5. The molecule has 1 fully saturated rings. The predicted octanol–water partition coefficient (Wildman–Crippen LogP) is 1.00. The molecule has 0 spiro atoms. The number of hydrogen-bond donors (Lipinski definition) is 3. The Kier molecular flexibility index (Phi) is 7.16. The third-order valence-corrected chi connectivity index (χ3v) is 6.09. The average Bonchev–Trinajstić information content (AvgIpc) is 3.40. The van der Waals surface area contributed by atoms with Crippen LogP contribution in [0.5, 0.6) is 0 Å². The molecule has 14 heteroatoms. The first kappa shape index (κ1) is 24.8. The zero-order valence-electron chi connectivity index (χ0n) is 18.2. The van der Waals surface area contributed by atoms with Crippen molar-refractivity contribution in [2.75, 3.05) is 11.9 Å². The number of halogens is 2. The van der Waals surface area contributed by atoms with Gasteiger partial charge in [0.1, 0.15) is 29.5 Å². The van der Waals surface area contributed by atoms with E-state index >= 15 is 0 Å². The maximum absolute atomic E-state index is 13.9. The molecule has 1 aliphatic carbocycles. The Morgan fingerprint density at radius 3 is 2.83 bits per heavy atom. The van der Waals surface area contributed by atoms with Gasteiger partial charge in [-0.1, -0.05) is 6.07 Å². The van der Waals surface area contributed by atoms with Crippen LogP contribution in [0.25, 0.3) is 0 Å². The molecule has 0 aliphatic heterocycles. The highest BCUT2D eigenvalue weighted by molar-refractivity contribution is 7.84. The molecule has 4 N–H and O–H groups in total. The summed E-state index contributed by atoms with van der Waals surface area (Å²) in [6.45, 7) is -0.266. The molecule has 11 nitrogen and oxygen atoms in total. The van der Waals surface area contributed by atoms with Crippen LogP contribution in [0.4, 0.5) is 14.6 Å². The molecule has 3 aromatic rings. The van der Waals surface area contributed by atoms with Gasteiger partial charge in [0, 0.05) is 36.0 Å². The predicted molar refractivity (Wildman–Crippen MR) is 118 cm³/mol. The van der Waals surface area contributed by atoms with Gasteiger partial charge >= 0.3 is 10.3 Å². The van der Waals surface area contributed by atoms with Gasteiger partial charge in [-0.3, -0.25) is 13.7 Å². The fourth-order valence-electron chi connectivity index (χ4n) is 3.92. The molecule has 0 bridgehead atoms. The topological polar surface area (TPSA) is 162 Å². The van der Waals surface area contributed by atoms with Crippen LogP contribution in [0.15, 0.2) is 43.0 Å². The minimum absolute atomic E-state index is 0.00225. The van der Waals surface area contributed by atoms with Crippen LogP contribution in [0.2, 0.25) is 0 Å². The zero-order chi connectivity index (χ0) is 25.2. The summed E-state index contributed by atoms with van der Waals surface area (Å²) < 4.78 is 55.0. The number of carbonyl (C=O) groups is 1. The van der Waals surface area contributed by atoms with E-state index in [-0.39, 0.29) is 48.3 Å². The number of hydrogen-bond acceptors (Lipinski definition) is 9. The molecule has 0 unspecified atom stereocenters. The lowest BCUT2D eigenvalue weighted by atomic mass is 10.1. The van der Waals surface area contributed by atoms with E-state index in [0.717, 1.165) is 12.1 Å². The molecule has 0 saturated heterocycles.